The Balaban J connectivity index is 1.65. The maximum Gasteiger partial charge on any atom is 0.191 e. The number of ketones is 1. The first-order valence-electron chi connectivity index (χ1n) is 13.8. The third-order valence-electron chi connectivity index (χ3n) is 9.99. The van der Waals surface area contributed by atoms with E-state index in [1.165, 1.54) is 0 Å². The Morgan fingerprint density at radius 3 is 2.22 bits per heavy atom. The number of rotatable bonds is 8. The first-order chi connectivity index (χ1) is 17.1. The molecule has 8 heteroatoms. The van der Waals surface area contributed by atoms with Crippen molar-refractivity contribution in [1.82, 2.24) is 0 Å². The highest BCUT2D eigenvalue weighted by Crippen LogP contribution is 2.64. The minimum absolute atomic E-state index is 0.114. The highest BCUT2D eigenvalue weighted by molar-refractivity contribution is 5.87. The summed E-state index contributed by atoms with van der Waals surface area (Å²) in [5, 5.41) is 23.3. The predicted molar refractivity (Wildman–Crippen MR) is 137 cm³/mol. The van der Waals surface area contributed by atoms with Crippen LogP contribution < -0.4 is 5.43 Å². The number of carbonyl (C=O) groups excluding carboxylic acids is 1. The maximum atomic E-state index is 13.7. The average Bonchev–Trinajstić information content (AvgIpc) is 2.88. The largest absolute Gasteiger partial charge is 0.465 e. The minimum atomic E-state index is -1.48. The lowest BCUT2D eigenvalue weighted by molar-refractivity contribution is -0.593. The van der Waals surface area contributed by atoms with Crippen molar-refractivity contribution in [1.29, 1.82) is 0 Å². The summed E-state index contributed by atoms with van der Waals surface area (Å²) in [7, 11) is 0. The zero-order valence-corrected chi connectivity index (χ0v) is 23.9. The van der Waals surface area contributed by atoms with Gasteiger partial charge in [0.15, 0.2) is 22.8 Å². The summed E-state index contributed by atoms with van der Waals surface area (Å²) < 4.78 is 25.5. The lowest BCUT2D eigenvalue weighted by atomic mass is 9.63. The van der Waals surface area contributed by atoms with Gasteiger partial charge in [0.05, 0.1) is 24.0 Å². The van der Waals surface area contributed by atoms with Crippen LogP contribution in [0.25, 0.3) is 0 Å². The average molecular weight is 521 g/mol. The van der Waals surface area contributed by atoms with Gasteiger partial charge in [-0.2, -0.15) is 0 Å². The molecule has 208 valence electrons. The molecule has 2 N–H and O–H groups in total. The summed E-state index contributed by atoms with van der Waals surface area (Å²) in [4.78, 5) is 26.4. The molecule has 0 spiro atoms. The number of ether oxygens (including phenoxy) is 3. The molecule has 1 aromatic rings. The van der Waals surface area contributed by atoms with Crippen LogP contribution in [0, 0.1) is 43.4 Å². The van der Waals surface area contributed by atoms with Gasteiger partial charge in [-0.15, -0.1) is 0 Å². The second-order valence-electron chi connectivity index (χ2n) is 11.7. The van der Waals surface area contributed by atoms with Crippen molar-refractivity contribution >= 4 is 5.78 Å². The van der Waals surface area contributed by atoms with E-state index in [4.69, 9.17) is 18.6 Å². The van der Waals surface area contributed by atoms with Crippen LogP contribution in [0.1, 0.15) is 90.4 Å². The standard InChI is InChI=1S/C29H44O8/c1-11-21-13(3)22(30)15(5)25(34-21)16(6)23(31)14(4)24(32)17(7)29-20(10)28(33)19(9)26(35-29)18(8)27(12-2,36-28)37-29/h14,16-20,24,26,32-33H,11-12H2,1-10H3/t14-,16-,17-,18-,19-,20+,24-,26-,27+,28+,29+/m0/s1. The number of Topliss-reactive ketones (excluding diaryl/α,β-unsaturated/α-hetero) is 1. The molecule has 1 aromatic heterocycles. The van der Waals surface area contributed by atoms with Crippen LogP contribution in [-0.4, -0.2) is 45.6 Å². The third kappa shape index (κ3) is 3.73. The fourth-order valence-corrected chi connectivity index (χ4v) is 7.15. The van der Waals surface area contributed by atoms with Gasteiger partial charge in [0, 0.05) is 41.2 Å². The molecule has 0 amide bonds. The number of aliphatic hydroxyl groups excluding tert-OH is 1. The number of hydrogen-bond acceptors (Lipinski definition) is 8. The number of aryl methyl sites for hydroxylation is 1. The van der Waals surface area contributed by atoms with Gasteiger partial charge in [0.25, 0.3) is 0 Å². The molecule has 0 aromatic carbocycles. The molecule has 8 nitrogen and oxygen atoms in total. The highest BCUT2D eigenvalue weighted by atomic mass is 16.9. The third-order valence-corrected chi connectivity index (χ3v) is 9.99. The Hall–Kier alpha value is -1.58. The molecule has 4 bridgehead atoms. The molecule has 0 unspecified atom stereocenters. The highest BCUT2D eigenvalue weighted by Gasteiger charge is 2.77. The molecule has 11 atom stereocenters. The molecule has 5 heterocycles. The predicted octanol–water partition coefficient (Wildman–Crippen LogP) is 3.98. The lowest BCUT2D eigenvalue weighted by Gasteiger charge is -2.72. The Labute approximate surface area is 219 Å². The van der Waals surface area contributed by atoms with Gasteiger partial charge < -0.3 is 28.8 Å². The quantitative estimate of drug-likeness (QED) is 0.529. The van der Waals surface area contributed by atoms with E-state index < -0.39 is 47.1 Å². The zero-order valence-electron chi connectivity index (χ0n) is 23.9. The van der Waals surface area contributed by atoms with E-state index in [-0.39, 0.29) is 29.2 Å². The molecule has 4 aliphatic rings. The summed E-state index contributed by atoms with van der Waals surface area (Å²) in [5.74, 6) is -6.36. The van der Waals surface area contributed by atoms with Gasteiger partial charge in [-0.1, -0.05) is 48.5 Å². The fourth-order valence-electron chi connectivity index (χ4n) is 7.15. The topological polar surface area (TPSA) is 115 Å². The van der Waals surface area contributed by atoms with E-state index in [1.807, 2.05) is 34.6 Å². The number of carbonyl (C=O) groups is 1. The smallest absolute Gasteiger partial charge is 0.191 e. The van der Waals surface area contributed by atoms with E-state index in [2.05, 4.69) is 0 Å². The SMILES string of the molecule is CCc1oc([C@@H](C)C(=O)[C@H](C)[C@H](O)[C@H](C)[C@]23O[C@H]4[C@H](C)[C@](CC)(O[C@@](O)([C@H]2C)[C@H]4C)O3)c(C)c(=O)c1C. The maximum absolute atomic E-state index is 13.7. The van der Waals surface area contributed by atoms with Gasteiger partial charge in [-0.25, -0.2) is 0 Å². The summed E-state index contributed by atoms with van der Waals surface area (Å²) in [6, 6.07) is 0. The Morgan fingerprint density at radius 2 is 1.65 bits per heavy atom. The molecule has 4 fully saturated rings. The molecule has 4 aliphatic heterocycles. The van der Waals surface area contributed by atoms with E-state index in [0.717, 1.165) is 0 Å². The summed E-state index contributed by atoms with van der Waals surface area (Å²) in [6.45, 7) is 18.2. The lowest BCUT2D eigenvalue weighted by Crippen LogP contribution is -2.83. The minimum Gasteiger partial charge on any atom is -0.465 e. The van der Waals surface area contributed by atoms with Crippen molar-refractivity contribution in [3.8, 4) is 0 Å². The van der Waals surface area contributed by atoms with E-state index in [0.29, 0.717) is 35.5 Å². The van der Waals surface area contributed by atoms with Gasteiger partial charge in [-0.3, -0.25) is 9.59 Å². The molecule has 0 aliphatic carbocycles. The van der Waals surface area contributed by atoms with Gasteiger partial charge in [0.2, 0.25) is 0 Å². The summed E-state index contributed by atoms with van der Waals surface area (Å²) in [6.07, 6.45) is -0.404. The molecular formula is C29H44O8. The summed E-state index contributed by atoms with van der Waals surface area (Å²) in [5.41, 5.74) is 0.854. The summed E-state index contributed by atoms with van der Waals surface area (Å²) >= 11 is 0. The first kappa shape index (κ1) is 28.4. The monoisotopic (exact) mass is 520 g/mol. The van der Waals surface area contributed by atoms with Crippen LogP contribution in [0.2, 0.25) is 0 Å². The van der Waals surface area contributed by atoms with Crippen molar-refractivity contribution < 1.29 is 33.6 Å². The fraction of sp³-hybridized carbons (Fsp3) is 0.793. The van der Waals surface area contributed by atoms with Crippen molar-refractivity contribution in [2.45, 2.75) is 118 Å². The van der Waals surface area contributed by atoms with Gasteiger partial charge >= 0.3 is 0 Å². The number of aliphatic hydroxyl groups is 2. The van der Waals surface area contributed by atoms with Gasteiger partial charge in [-0.05, 0) is 27.2 Å². The van der Waals surface area contributed by atoms with E-state index in [9.17, 15) is 19.8 Å². The van der Waals surface area contributed by atoms with Crippen LogP contribution in [0.15, 0.2) is 9.21 Å². The second-order valence-corrected chi connectivity index (χ2v) is 11.7. The molecule has 0 radical (unpaired) electrons. The van der Waals surface area contributed by atoms with Crippen molar-refractivity contribution in [3.05, 3.63) is 32.9 Å². The van der Waals surface area contributed by atoms with Crippen molar-refractivity contribution in [2.75, 3.05) is 0 Å². The van der Waals surface area contributed by atoms with Crippen LogP contribution in [0.5, 0.6) is 0 Å². The molecular weight excluding hydrogens is 476 g/mol. The molecule has 0 saturated carbocycles. The second kappa shape index (κ2) is 9.26. The van der Waals surface area contributed by atoms with Gasteiger partial charge in [0.1, 0.15) is 17.3 Å². The normalized spacial score (nSPS) is 39.9. The van der Waals surface area contributed by atoms with E-state index in [1.54, 1.807) is 34.6 Å². The van der Waals surface area contributed by atoms with Crippen LogP contribution in [0.4, 0.5) is 0 Å². The first-order valence-corrected chi connectivity index (χ1v) is 13.8. The van der Waals surface area contributed by atoms with E-state index >= 15 is 0 Å². The molecule has 4 saturated heterocycles. The van der Waals surface area contributed by atoms with Crippen LogP contribution >= 0.6 is 0 Å². The van der Waals surface area contributed by atoms with Crippen molar-refractivity contribution in [2.24, 2.45) is 29.6 Å². The molecule has 5 rings (SSSR count). The Morgan fingerprint density at radius 1 is 1.03 bits per heavy atom. The van der Waals surface area contributed by atoms with Crippen molar-refractivity contribution in [3.63, 3.8) is 0 Å². The number of hydrogen-bond donors (Lipinski definition) is 2. The Kier molecular flexibility index (Phi) is 7.12. The van der Waals surface area contributed by atoms with Crippen LogP contribution in [-0.2, 0) is 25.4 Å². The molecule has 37 heavy (non-hydrogen) atoms. The zero-order chi connectivity index (χ0) is 27.8. The van der Waals surface area contributed by atoms with Crippen LogP contribution in [0.3, 0.4) is 0 Å². The Bertz CT molecular complexity index is 1120.